The maximum atomic E-state index is 13.5. The SMILES string of the molecule is O=Cc1cc(-c2cccc(Cl)c2F)on1. The summed E-state index contributed by atoms with van der Waals surface area (Å²) in [4.78, 5) is 10.4. The second-order valence-corrected chi connectivity index (χ2v) is 3.24. The smallest absolute Gasteiger partial charge is 0.171 e. The number of hydrogen-bond acceptors (Lipinski definition) is 3. The topological polar surface area (TPSA) is 43.1 Å². The first kappa shape index (κ1) is 9.86. The average Bonchev–Trinajstić information content (AvgIpc) is 2.70. The highest BCUT2D eigenvalue weighted by molar-refractivity contribution is 6.31. The van der Waals surface area contributed by atoms with Crippen molar-refractivity contribution in [3.8, 4) is 11.3 Å². The second kappa shape index (κ2) is 3.82. The van der Waals surface area contributed by atoms with E-state index in [1.54, 1.807) is 6.07 Å². The van der Waals surface area contributed by atoms with Crippen molar-refractivity contribution in [1.29, 1.82) is 0 Å². The highest BCUT2D eigenvalue weighted by atomic mass is 35.5. The molecule has 1 aromatic heterocycles. The lowest BCUT2D eigenvalue weighted by Crippen LogP contribution is -1.83. The second-order valence-electron chi connectivity index (χ2n) is 2.84. The first-order chi connectivity index (χ1) is 7.22. The van der Waals surface area contributed by atoms with Crippen LogP contribution in [0, 0.1) is 5.82 Å². The predicted octanol–water partition coefficient (Wildman–Crippen LogP) is 2.95. The fraction of sp³-hybridized carbons (Fsp3) is 0. The van der Waals surface area contributed by atoms with Crippen molar-refractivity contribution in [3.63, 3.8) is 0 Å². The van der Waals surface area contributed by atoms with Crippen LogP contribution in [-0.2, 0) is 0 Å². The van der Waals surface area contributed by atoms with Gasteiger partial charge in [0.25, 0.3) is 0 Å². The average molecular weight is 226 g/mol. The van der Waals surface area contributed by atoms with E-state index in [9.17, 15) is 9.18 Å². The molecule has 0 atom stereocenters. The van der Waals surface area contributed by atoms with Gasteiger partial charge in [0.1, 0.15) is 5.69 Å². The van der Waals surface area contributed by atoms with E-state index < -0.39 is 5.82 Å². The van der Waals surface area contributed by atoms with E-state index in [1.165, 1.54) is 18.2 Å². The molecule has 1 heterocycles. The number of nitrogens with zero attached hydrogens (tertiary/aromatic N) is 1. The third kappa shape index (κ3) is 1.76. The molecule has 0 radical (unpaired) electrons. The molecule has 0 amide bonds. The minimum absolute atomic E-state index is 0.00319. The van der Waals surface area contributed by atoms with Gasteiger partial charge in [0.05, 0.1) is 10.6 Å². The number of aldehydes is 1. The maximum absolute atomic E-state index is 13.5. The van der Waals surface area contributed by atoms with Gasteiger partial charge in [-0.25, -0.2) is 4.39 Å². The third-order valence-electron chi connectivity index (χ3n) is 1.87. The number of aromatic nitrogens is 1. The molecule has 0 aliphatic rings. The van der Waals surface area contributed by atoms with Crippen molar-refractivity contribution >= 4 is 17.9 Å². The quantitative estimate of drug-likeness (QED) is 0.738. The van der Waals surface area contributed by atoms with E-state index in [0.29, 0.717) is 6.29 Å². The zero-order chi connectivity index (χ0) is 10.8. The number of carbonyl (C=O) groups is 1. The molecule has 0 aliphatic heterocycles. The van der Waals surface area contributed by atoms with E-state index in [1.807, 2.05) is 0 Å². The molecule has 76 valence electrons. The van der Waals surface area contributed by atoms with Gasteiger partial charge < -0.3 is 4.52 Å². The number of halogens is 2. The Morgan fingerprint density at radius 3 is 2.93 bits per heavy atom. The molecule has 2 rings (SSSR count). The largest absolute Gasteiger partial charge is 0.355 e. The van der Waals surface area contributed by atoms with Gasteiger partial charge in [-0.15, -0.1) is 0 Å². The summed E-state index contributed by atoms with van der Waals surface area (Å²) >= 11 is 5.60. The Labute approximate surface area is 89.4 Å². The molecule has 1 aromatic carbocycles. The minimum Gasteiger partial charge on any atom is -0.355 e. The molecule has 0 spiro atoms. The first-order valence-corrected chi connectivity index (χ1v) is 4.46. The molecule has 5 heteroatoms. The van der Waals surface area contributed by atoms with Crippen LogP contribution in [0.3, 0.4) is 0 Å². The Bertz CT molecular complexity index is 510. The van der Waals surface area contributed by atoms with Gasteiger partial charge in [0.15, 0.2) is 17.9 Å². The van der Waals surface area contributed by atoms with Crippen molar-refractivity contribution in [2.75, 3.05) is 0 Å². The molecule has 3 nitrogen and oxygen atoms in total. The molecular formula is C10H5ClFNO2. The normalized spacial score (nSPS) is 10.3. The van der Waals surface area contributed by atoms with Gasteiger partial charge >= 0.3 is 0 Å². The Morgan fingerprint density at radius 1 is 1.47 bits per heavy atom. The van der Waals surface area contributed by atoms with Crippen molar-refractivity contribution in [2.24, 2.45) is 0 Å². The fourth-order valence-electron chi connectivity index (χ4n) is 1.17. The van der Waals surface area contributed by atoms with Crippen LogP contribution in [0.5, 0.6) is 0 Å². The molecule has 0 bridgehead atoms. The summed E-state index contributed by atoms with van der Waals surface area (Å²) < 4.78 is 18.3. The summed E-state index contributed by atoms with van der Waals surface area (Å²) in [5.41, 5.74) is 0.299. The highest BCUT2D eigenvalue weighted by Crippen LogP contribution is 2.27. The zero-order valence-corrected chi connectivity index (χ0v) is 8.16. The Morgan fingerprint density at radius 2 is 2.27 bits per heavy atom. The van der Waals surface area contributed by atoms with E-state index in [4.69, 9.17) is 16.1 Å². The van der Waals surface area contributed by atoms with Crippen LogP contribution in [0.4, 0.5) is 4.39 Å². The van der Waals surface area contributed by atoms with E-state index in [0.717, 1.165) is 0 Å². The molecule has 0 aliphatic carbocycles. The summed E-state index contributed by atoms with van der Waals surface area (Å²) in [6.45, 7) is 0. The van der Waals surface area contributed by atoms with Gasteiger partial charge in [0, 0.05) is 6.07 Å². The lowest BCUT2D eigenvalue weighted by Gasteiger charge is -1.98. The van der Waals surface area contributed by atoms with Gasteiger partial charge in [-0.3, -0.25) is 4.79 Å². The van der Waals surface area contributed by atoms with Crippen LogP contribution in [-0.4, -0.2) is 11.4 Å². The van der Waals surface area contributed by atoms with Crippen LogP contribution in [0.2, 0.25) is 5.02 Å². The van der Waals surface area contributed by atoms with Gasteiger partial charge in [-0.1, -0.05) is 22.8 Å². The van der Waals surface area contributed by atoms with Crippen molar-refractivity contribution in [2.45, 2.75) is 0 Å². The van der Waals surface area contributed by atoms with E-state index >= 15 is 0 Å². The molecular weight excluding hydrogens is 221 g/mol. The molecule has 0 N–H and O–H groups in total. The van der Waals surface area contributed by atoms with Crippen LogP contribution in [0.1, 0.15) is 10.5 Å². The number of benzene rings is 1. The van der Waals surface area contributed by atoms with Crippen LogP contribution in [0.15, 0.2) is 28.8 Å². The Kier molecular flexibility index (Phi) is 2.51. The Balaban J connectivity index is 2.53. The minimum atomic E-state index is -0.590. The van der Waals surface area contributed by atoms with Crippen LogP contribution in [0.25, 0.3) is 11.3 Å². The standard InChI is InChI=1S/C10H5ClFNO2/c11-8-3-1-2-7(10(8)12)9-4-6(5-14)13-15-9/h1-5H. The van der Waals surface area contributed by atoms with Crippen molar-refractivity contribution in [3.05, 3.63) is 40.8 Å². The van der Waals surface area contributed by atoms with Crippen molar-refractivity contribution in [1.82, 2.24) is 5.16 Å². The number of carbonyl (C=O) groups excluding carboxylic acids is 1. The van der Waals surface area contributed by atoms with Gasteiger partial charge in [0.2, 0.25) is 0 Å². The summed E-state index contributed by atoms with van der Waals surface area (Å²) in [5, 5.41) is 3.43. The van der Waals surface area contributed by atoms with Crippen LogP contribution >= 0.6 is 11.6 Å². The molecule has 0 saturated carbocycles. The lowest BCUT2D eigenvalue weighted by atomic mass is 10.1. The first-order valence-electron chi connectivity index (χ1n) is 4.08. The molecule has 15 heavy (non-hydrogen) atoms. The van der Waals surface area contributed by atoms with E-state index in [2.05, 4.69) is 5.16 Å². The maximum Gasteiger partial charge on any atom is 0.171 e. The van der Waals surface area contributed by atoms with Gasteiger partial charge in [-0.2, -0.15) is 0 Å². The highest BCUT2D eigenvalue weighted by Gasteiger charge is 2.12. The Hall–Kier alpha value is -1.68. The molecule has 0 saturated heterocycles. The fourth-order valence-corrected chi connectivity index (χ4v) is 1.34. The number of rotatable bonds is 2. The molecule has 0 unspecified atom stereocenters. The summed E-state index contributed by atoms with van der Waals surface area (Å²) in [7, 11) is 0. The van der Waals surface area contributed by atoms with Gasteiger partial charge in [-0.05, 0) is 12.1 Å². The summed E-state index contributed by atoms with van der Waals surface area (Å²) in [6, 6.07) is 5.86. The summed E-state index contributed by atoms with van der Waals surface area (Å²) in [6.07, 6.45) is 0.523. The summed E-state index contributed by atoms with van der Waals surface area (Å²) in [5.74, 6) is -0.412. The molecule has 2 aromatic rings. The monoisotopic (exact) mass is 225 g/mol. The third-order valence-corrected chi connectivity index (χ3v) is 2.16. The number of hydrogen-bond donors (Lipinski definition) is 0. The molecule has 0 fully saturated rings. The zero-order valence-electron chi connectivity index (χ0n) is 7.41. The van der Waals surface area contributed by atoms with Crippen molar-refractivity contribution < 1.29 is 13.7 Å². The predicted molar refractivity (Wildman–Crippen MR) is 52.3 cm³/mol. The lowest BCUT2D eigenvalue weighted by molar-refractivity contribution is 0.111. The van der Waals surface area contributed by atoms with Crippen LogP contribution < -0.4 is 0 Å². The van der Waals surface area contributed by atoms with E-state index in [-0.39, 0.29) is 22.0 Å².